The average molecular weight is 480 g/mol. The van der Waals surface area contributed by atoms with Crippen LogP contribution in [0.15, 0.2) is 30.3 Å². The van der Waals surface area contributed by atoms with E-state index in [1.165, 1.54) is 24.6 Å². The molecule has 0 atom stereocenters. The van der Waals surface area contributed by atoms with Crippen molar-refractivity contribution >= 4 is 21.6 Å². The second-order valence-corrected chi connectivity index (χ2v) is 9.36. The molecule has 0 unspecified atom stereocenters. The first-order valence-corrected chi connectivity index (χ1v) is 11.6. The maximum Gasteiger partial charge on any atom is 0.286 e. The minimum Gasteiger partial charge on any atom is -0.497 e. The number of nitrogens with one attached hydrogen (secondary N) is 1. The number of hydrogen-bond acceptors (Lipinski definition) is 8. The van der Waals surface area contributed by atoms with Crippen molar-refractivity contribution in [3.8, 4) is 17.2 Å². The molecular weight excluding hydrogens is 454 g/mol. The topological polar surface area (TPSA) is 137 Å². The van der Waals surface area contributed by atoms with Gasteiger partial charge in [-0.25, -0.2) is 8.42 Å². The molecule has 0 bridgehead atoms. The van der Waals surface area contributed by atoms with Crippen LogP contribution in [0, 0.1) is 10.1 Å². The molecule has 0 saturated heterocycles. The Kier molecular flexibility index (Phi) is 7.39. The summed E-state index contributed by atoms with van der Waals surface area (Å²) in [6, 6.07) is 7.80. The Bertz CT molecular complexity index is 1170. The van der Waals surface area contributed by atoms with Crippen LogP contribution in [0.25, 0.3) is 0 Å². The number of ether oxygens (including phenoxy) is 3. The van der Waals surface area contributed by atoms with Gasteiger partial charge in [-0.05, 0) is 29.7 Å². The molecule has 3 rings (SSSR count). The number of methoxy groups -OCH3 is 3. The van der Waals surface area contributed by atoms with Crippen molar-refractivity contribution < 1.29 is 32.3 Å². The molecule has 1 aliphatic heterocycles. The first-order chi connectivity index (χ1) is 15.7. The Morgan fingerprint density at radius 1 is 1.09 bits per heavy atom. The van der Waals surface area contributed by atoms with E-state index in [1.807, 2.05) is 12.1 Å². The van der Waals surface area contributed by atoms with Crippen LogP contribution < -0.4 is 19.5 Å². The third-order valence-electron chi connectivity index (χ3n) is 5.37. The van der Waals surface area contributed by atoms with Crippen molar-refractivity contribution in [1.82, 2.24) is 9.62 Å². The van der Waals surface area contributed by atoms with Crippen molar-refractivity contribution in [2.45, 2.75) is 13.0 Å². The van der Waals surface area contributed by atoms with Crippen LogP contribution in [0.3, 0.4) is 0 Å². The molecule has 0 radical (unpaired) electrons. The van der Waals surface area contributed by atoms with Crippen LogP contribution in [0.2, 0.25) is 0 Å². The fraction of sp³-hybridized carbons (Fsp3) is 0.381. The van der Waals surface area contributed by atoms with Gasteiger partial charge in [0.15, 0.2) is 11.5 Å². The molecule has 2 aromatic carbocycles. The number of nitrogens with zero attached hydrogens (tertiary/aromatic N) is 2. The molecule has 1 amide bonds. The third-order valence-corrected chi connectivity index (χ3v) is 7.19. The maximum atomic E-state index is 12.8. The number of rotatable bonds is 9. The van der Waals surface area contributed by atoms with Gasteiger partial charge in [-0.15, -0.1) is 0 Å². The van der Waals surface area contributed by atoms with E-state index < -0.39 is 26.5 Å². The molecule has 1 heterocycles. The lowest BCUT2D eigenvalue weighted by Crippen LogP contribution is -2.40. The van der Waals surface area contributed by atoms with Crippen LogP contribution in [0.4, 0.5) is 5.69 Å². The molecule has 0 saturated carbocycles. The van der Waals surface area contributed by atoms with Crippen LogP contribution in [0.1, 0.15) is 21.5 Å². The monoisotopic (exact) mass is 479 g/mol. The Morgan fingerprint density at radius 3 is 2.42 bits per heavy atom. The molecule has 1 N–H and O–H groups in total. The van der Waals surface area contributed by atoms with Crippen LogP contribution >= 0.6 is 0 Å². The third kappa shape index (κ3) is 5.34. The number of hydrogen-bond donors (Lipinski definition) is 1. The van der Waals surface area contributed by atoms with Gasteiger partial charge < -0.3 is 19.5 Å². The molecule has 0 spiro atoms. The first kappa shape index (κ1) is 24.3. The fourth-order valence-electron chi connectivity index (χ4n) is 3.59. The number of nitro groups is 1. The van der Waals surface area contributed by atoms with Crippen molar-refractivity contribution in [3.63, 3.8) is 0 Å². The van der Waals surface area contributed by atoms with Gasteiger partial charge >= 0.3 is 0 Å². The zero-order valence-corrected chi connectivity index (χ0v) is 19.3. The Morgan fingerprint density at radius 2 is 1.79 bits per heavy atom. The summed E-state index contributed by atoms with van der Waals surface area (Å²) in [5.41, 5.74) is 1.21. The van der Waals surface area contributed by atoms with Crippen molar-refractivity contribution in [2.24, 2.45) is 0 Å². The Labute approximate surface area is 191 Å². The SMILES string of the molecule is COc1ccc2c(c1)CCN(S(=O)(=O)CCNC(=O)c1cc(OC)c(OC)cc1[N+](=O)[O-])C2. The molecule has 2 aromatic rings. The van der Waals surface area contributed by atoms with E-state index >= 15 is 0 Å². The van der Waals surface area contributed by atoms with Gasteiger partial charge in [0.05, 0.1) is 38.1 Å². The average Bonchev–Trinajstić information content (AvgIpc) is 2.81. The van der Waals surface area contributed by atoms with Crippen LogP contribution in [-0.4, -0.2) is 63.7 Å². The van der Waals surface area contributed by atoms with E-state index in [0.29, 0.717) is 13.0 Å². The smallest absolute Gasteiger partial charge is 0.286 e. The fourth-order valence-corrected chi connectivity index (χ4v) is 4.91. The number of sulfonamides is 1. The number of amides is 1. The highest BCUT2D eigenvalue weighted by molar-refractivity contribution is 7.89. The molecule has 12 heteroatoms. The summed E-state index contributed by atoms with van der Waals surface area (Å²) in [5, 5.41) is 13.8. The lowest BCUT2D eigenvalue weighted by Gasteiger charge is -2.28. The summed E-state index contributed by atoms with van der Waals surface area (Å²) < 4.78 is 42.3. The van der Waals surface area contributed by atoms with E-state index in [1.54, 1.807) is 13.2 Å². The van der Waals surface area contributed by atoms with E-state index in [9.17, 15) is 23.3 Å². The number of benzene rings is 2. The quantitative estimate of drug-likeness (QED) is 0.424. The van der Waals surface area contributed by atoms with Gasteiger partial charge in [-0.2, -0.15) is 4.31 Å². The largest absolute Gasteiger partial charge is 0.497 e. The van der Waals surface area contributed by atoms with Crippen LogP contribution in [0.5, 0.6) is 17.2 Å². The second-order valence-electron chi connectivity index (χ2n) is 7.27. The molecule has 0 fully saturated rings. The number of nitro benzene ring substituents is 1. The lowest BCUT2D eigenvalue weighted by atomic mass is 10.0. The summed E-state index contributed by atoms with van der Waals surface area (Å²) in [5.74, 6) is -0.160. The van der Waals surface area contributed by atoms with Gasteiger partial charge in [0.1, 0.15) is 11.3 Å². The van der Waals surface area contributed by atoms with Gasteiger partial charge in [0.25, 0.3) is 11.6 Å². The van der Waals surface area contributed by atoms with Crippen molar-refractivity contribution in [1.29, 1.82) is 0 Å². The van der Waals surface area contributed by atoms with E-state index in [-0.39, 0.29) is 35.9 Å². The van der Waals surface area contributed by atoms with Gasteiger partial charge in [-0.1, -0.05) is 6.07 Å². The number of fused-ring (bicyclic) bond motifs is 1. The second kappa shape index (κ2) is 10.0. The highest BCUT2D eigenvalue weighted by atomic mass is 32.2. The zero-order valence-electron chi connectivity index (χ0n) is 18.5. The summed E-state index contributed by atoms with van der Waals surface area (Å²) in [4.78, 5) is 23.3. The molecule has 0 aromatic heterocycles. The number of carbonyl (C=O) groups is 1. The molecule has 33 heavy (non-hydrogen) atoms. The summed E-state index contributed by atoms with van der Waals surface area (Å²) in [6.45, 7) is 0.340. The summed E-state index contributed by atoms with van der Waals surface area (Å²) >= 11 is 0. The van der Waals surface area contributed by atoms with Gasteiger partial charge in [0.2, 0.25) is 10.0 Å². The van der Waals surface area contributed by atoms with Gasteiger partial charge in [-0.3, -0.25) is 14.9 Å². The molecule has 178 valence electrons. The molecule has 11 nitrogen and oxygen atoms in total. The number of carbonyl (C=O) groups excluding carboxylic acids is 1. The molecule has 1 aliphatic rings. The molecular formula is C21H25N3O8S. The van der Waals surface area contributed by atoms with Gasteiger partial charge in [0, 0.05) is 25.7 Å². The highest BCUT2D eigenvalue weighted by Crippen LogP contribution is 2.34. The predicted octanol–water partition coefficient (Wildman–Crippen LogP) is 1.74. The Balaban J connectivity index is 1.67. The predicted molar refractivity (Wildman–Crippen MR) is 119 cm³/mol. The zero-order chi connectivity index (χ0) is 24.2. The Hall–Kier alpha value is -3.38. The minimum absolute atomic E-state index is 0.103. The summed E-state index contributed by atoms with van der Waals surface area (Å²) in [6.07, 6.45) is 0.552. The molecule has 0 aliphatic carbocycles. The van der Waals surface area contributed by atoms with Crippen molar-refractivity contribution in [2.75, 3.05) is 40.2 Å². The van der Waals surface area contributed by atoms with Crippen molar-refractivity contribution in [3.05, 3.63) is 57.1 Å². The first-order valence-electron chi connectivity index (χ1n) is 10.0. The maximum absolute atomic E-state index is 12.8. The van der Waals surface area contributed by atoms with E-state index in [4.69, 9.17) is 14.2 Å². The van der Waals surface area contributed by atoms with E-state index in [2.05, 4.69) is 5.32 Å². The normalized spacial score (nSPS) is 13.7. The highest BCUT2D eigenvalue weighted by Gasteiger charge is 2.28. The summed E-state index contributed by atoms with van der Waals surface area (Å²) in [7, 11) is 0.574. The minimum atomic E-state index is -3.66. The van der Waals surface area contributed by atoms with E-state index in [0.717, 1.165) is 22.9 Å². The standard InChI is InChI=1S/C21H25N3O8S/c1-30-16-5-4-15-13-23(8-6-14(15)10-16)33(28,29)9-7-22-21(25)17-11-19(31-2)20(32-3)12-18(17)24(26)27/h4-5,10-12H,6-9,13H2,1-3H3,(H,22,25). The lowest BCUT2D eigenvalue weighted by molar-refractivity contribution is -0.385. The van der Waals surface area contributed by atoms with Crippen LogP contribution in [-0.2, 0) is 23.0 Å².